The van der Waals surface area contributed by atoms with Crippen LogP contribution in [0.25, 0.3) is 16.7 Å². The molecule has 0 bridgehead atoms. The van der Waals surface area contributed by atoms with Crippen molar-refractivity contribution in [3.05, 3.63) is 41.7 Å². The van der Waals surface area contributed by atoms with Crippen molar-refractivity contribution in [2.24, 2.45) is 0 Å². The first-order valence-electron chi connectivity index (χ1n) is 8.46. The van der Waals surface area contributed by atoms with Crippen molar-refractivity contribution in [3.8, 4) is 5.82 Å². The first-order chi connectivity index (χ1) is 12.0. The number of aromatic nitrogens is 4. The summed E-state index contributed by atoms with van der Waals surface area (Å²) in [5.41, 5.74) is 7.68. The number of rotatable bonds is 2. The maximum Gasteiger partial charge on any atom is 0.221 e. The number of piperidine rings is 1. The van der Waals surface area contributed by atoms with Crippen LogP contribution in [-0.2, 0) is 5.60 Å². The second kappa shape index (κ2) is 5.79. The number of aliphatic hydroxyl groups is 1. The van der Waals surface area contributed by atoms with Crippen LogP contribution >= 0.6 is 0 Å². The molecule has 0 amide bonds. The van der Waals surface area contributed by atoms with Crippen LogP contribution in [0.15, 0.2) is 30.5 Å². The molecule has 1 aromatic carbocycles. The molecule has 0 aliphatic carbocycles. The molecule has 2 aromatic heterocycles. The second-order valence-electron chi connectivity index (χ2n) is 6.84. The zero-order chi connectivity index (χ0) is 17.6. The fraction of sp³-hybridized carbons (Fsp3) is 0.389. The molecule has 1 aliphatic heterocycles. The predicted molar refractivity (Wildman–Crippen MR) is 96.4 cm³/mol. The van der Waals surface area contributed by atoms with Gasteiger partial charge in [0.2, 0.25) is 5.95 Å². The van der Waals surface area contributed by atoms with Gasteiger partial charge < -0.3 is 15.7 Å². The highest BCUT2D eigenvalue weighted by atomic mass is 16.3. The summed E-state index contributed by atoms with van der Waals surface area (Å²) >= 11 is 0. The third-order valence-electron chi connectivity index (χ3n) is 5.09. The lowest BCUT2D eigenvalue weighted by Gasteiger charge is -2.37. The van der Waals surface area contributed by atoms with Crippen LogP contribution < -0.4 is 5.73 Å². The minimum absolute atomic E-state index is 0.212. The Kier molecular flexibility index (Phi) is 3.70. The van der Waals surface area contributed by atoms with Crippen molar-refractivity contribution in [1.82, 2.24) is 24.6 Å². The van der Waals surface area contributed by atoms with E-state index in [1.165, 1.54) is 0 Å². The van der Waals surface area contributed by atoms with Crippen LogP contribution in [-0.4, -0.2) is 49.9 Å². The molecule has 1 fully saturated rings. The lowest BCUT2D eigenvalue weighted by Crippen LogP contribution is -2.40. The Morgan fingerprint density at radius 2 is 1.96 bits per heavy atom. The van der Waals surface area contributed by atoms with Gasteiger partial charge in [-0.3, -0.25) is 0 Å². The van der Waals surface area contributed by atoms with Crippen LogP contribution in [0.4, 0.5) is 5.95 Å². The molecule has 7 heteroatoms. The molecule has 25 heavy (non-hydrogen) atoms. The van der Waals surface area contributed by atoms with E-state index in [-0.39, 0.29) is 5.95 Å². The zero-order valence-corrected chi connectivity index (χ0v) is 14.5. The molecule has 0 atom stereocenters. The third-order valence-corrected chi connectivity index (χ3v) is 5.09. The monoisotopic (exact) mass is 338 g/mol. The van der Waals surface area contributed by atoms with Gasteiger partial charge in [0.1, 0.15) is 0 Å². The molecule has 3 heterocycles. The standard InChI is InChI=1S/C18H22N6O/c1-12-14-4-3-13(18(25)6-9-23(2)10-7-18)11-15(14)24(22-12)16-5-8-20-17(19)21-16/h3-5,8,11,25H,6-7,9-10H2,1-2H3,(H2,19,20,21). The van der Waals surface area contributed by atoms with Crippen LogP contribution in [0.2, 0.25) is 0 Å². The largest absolute Gasteiger partial charge is 0.385 e. The normalized spacial score (nSPS) is 17.9. The summed E-state index contributed by atoms with van der Waals surface area (Å²) in [5.74, 6) is 0.835. The Labute approximate surface area is 146 Å². The fourth-order valence-corrected chi connectivity index (χ4v) is 3.49. The molecule has 0 radical (unpaired) electrons. The number of anilines is 1. The lowest BCUT2D eigenvalue weighted by molar-refractivity contribution is -0.0202. The number of fused-ring (bicyclic) bond motifs is 1. The summed E-state index contributed by atoms with van der Waals surface area (Å²) in [7, 11) is 2.08. The van der Waals surface area contributed by atoms with Crippen molar-refractivity contribution in [2.75, 3.05) is 25.9 Å². The van der Waals surface area contributed by atoms with Gasteiger partial charge in [-0.2, -0.15) is 10.1 Å². The summed E-state index contributed by atoms with van der Waals surface area (Å²) in [6, 6.07) is 7.85. The van der Waals surface area contributed by atoms with E-state index in [0.29, 0.717) is 5.82 Å². The summed E-state index contributed by atoms with van der Waals surface area (Å²) < 4.78 is 1.77. The number of nitrogens with two attached hydrogens (primary N) is 1. The second-order valence-corrected chi connectivity index (χ2v) is 6.84. The Morgan fingerprint density at radius 1 is 1.20 bits per heavy atom. The van der Waals surface area contributed by atoms with Crippen molar-refractivity contribution >= 4 is 16.9 Å². The molecule has 0 spiro atoms. The Morgan fingerprint density at radius 3 is 2.68 bits per heavy atom. The van der Waals surface area contributed by atoms with Gasteiger partial charge in [-0.05, 0) is 38.4 Å². The number of nitrogens with zero attached hydrogens (tertiary/aromatic N) is 5. The van der Waals surface area contributed by atoms with E-state index >= 15 is 0 Å². The minimum atomic E-state index is -0.797. The molecule has 0 unspecified atom stereocenters. The van der Waals surface area contributed by atoms with E-state index < -0.39 is 5.60 Å². The highest BCUT2D eigenvalue weighted by Gasteiger charge is 2.33. The summed E-state index contributed by atoms with van der Waals surface area (Å²) in [6.45, 7) is 3.73. The SMILES string of the molecule is Cc1nn(-c2ccnc(N)n2)c2cc(C3(O)CCN(C)CC3)ccc12. The highest BCUT2D eigenvalue weighted by molar-refractivity contribution is 5.84. The molecule has 4 rings (SSSR count). The average molecular weight is 338 g/mol. The lowest BCUT2D eigenvalue weighted by atomic mass is 9.84. The quantitative estimate of drug-likeness (QED) is 0.737. The van der Waals surface area contributed by atoms with Gasteiger partial charge in [0.05, 0.1) is 16.8 Å². The van der Waals surface area contributed by atoms with Crippen molar-refractivity contribution in [1.29, 1.82) is 0 Å². The van der Waals surface area contributed by atoms with Gasteiger partial charge in [-0.15, -0.1) is 0 Å². The van der Waals surface area contributed by atoms with Crippen molar-refractivity contribution in [2.45, 2.75) is 25.4 Å². The van der Waals surface area contributed by atoms with Crippen molar-refractivity contribution < 1.29 is 5.11 Å². The number of likely N-dealkylation sites (tertiary alicyclic amines) is 1. The van der Waals surface area contributed by atoms with E-state index in [9.17, 15) is 5.11 Å². The van der Waals surface area contributed by atoms with E-state index in [4.69, 9.17) is 5.73 Å². The topological polar surface area (TPSA) is 93.1 Å². The fourth-order valence-electron chi connectivity index (χ4n) is 3.49. The van der Waals surface area contributed by atoms with Gasteiger partial charge in [0.15, 0.2) is 5.82 Å². The van der Waals surface area contributed by atoms with Gasteiger partial charge in [0, 0.05) is 30.7 Å². The maximum absolute atomic E-state index is 11.1. The van der Waals surface area contributed by atoms with Crippen LogP contribution in [0.3, 0.4) is 0 Å². The van der Waals surface area contributed by atoms with Gasteiger partial charge in [-0.1, -0.05) is 12.1 Å². The zero-order valence-electron chi connectivity index (χ0n) is 14.5. The number of nitrogen functional groups attached to an aromatic ring is 1. The van der Waals surface area contributed by atoms with E-state index in [1.54, 1.807) is 16.9 Å². The van der Waals surface area contributed by atoms with E-state index in [0.717, 1.165) is 48.1 Å². The molecule has 7 nitrogen and oxygen atoms in total. The van der Waals surface area contributed by atoms with Gasteiger partial charge in [-0.25, -0.2) is 9.67 Å². The van der Waals surface area contributed by atoms with Crippen molar-refractivity contribution in [3.63, 3.8) is 0 Å². The minimum Gasteiger partial charge on any atom is -0.385 e. The Bertz CT molecular complexity index is 926. The van der Waals surface area contributed by atoms with Crippen LogP contribution in [0.5, 0.6) is 0 Å². The molecule has 1 saturated heterocycles. The average Bonchev–Trinajstić information content (AvgIpc) is 2.94. The summed E-state index contributed by atoms with van der Waals surface area (Å²) in [5, 5.41) is 16.8. The molecule has 1 aliphatic rings. The summed E-state index contributed by atoms with van der Waals surface area (Å²) in [6.07, 6.45) is 3.07. The first kappa shape index (κ1) is 16.0. The molecular formula is C18H22N6O. The molecular weight excluding hydrogens is 316 g/mol. The number of aryl methyl sites for hydroxylation is 1. The molecule has 3 N–H and O–H groups in total. The third kappa shape index (κ3) is 2.75. The highest BCUT2D eigenvalue weighted by Crippen LogP contribution is 2.34. The molecule has 130 valence electrons. The number of benzene rings is 1. The smallest absolute Gasteiger partial charge is 0.221 e. The molecule has 3 aromatic rings. The van der Waals surface area contributed by atoms with Crippen LogP contribution in [0, 0.1) is 6.92 Å². The van der Waals surface area contributed by atoms with Gasteiger partial charge in [0.25, 0.3) is 0 Å². The van der Waals surface area contributed by atoms with Crippen LogP contribution in [0.1, 0.15) is 24.1 Å². The first-order valence-corrected chi connectivity index (χ1v) is 8.46. The molecule has 0 saturated carbocycles. The number of hydrogen-bond donors (Lipinski definition) is 2. The maximum atomic E-state index is 11.1. The Hall–Kier alpha value is -2.51. The predicted octanol–water partition coefficient (Wildman–Crippen LogP) is 1.62. The van der Waals surface area contributed by atoms with Gasteiger partial charge >= 0.3 is 0 Å². The number of hydrogen-bond acceptors (Lipinski definition) is 6. The van der Waals surface area contributed by atoms with E-state index in [2.05, 4.69) is 27.0 Å². The Balaban J connectivity index is 1.84. The van der Waals surface area contributed by atoms with E-state index in [1.807, 2.05) is 25.1 Å². The summed E-state index contributed by atoms with van der Waals surface area (Å²) in [4.78, 5) is 10.5.